The lowest BCUT2D eigenvalue weighted by atomic mass is 10.6. The Hall–Kier alpha value is -0.830. The van der Waals surface area contributed by atoms with Crippen molar-refractivity contribution in [2.24, 2.45) is 5.18 Å². The fourth-order valence-corrected chi connectivity index (χ4v) is 0.499. The normalized spacial score (nSPS) is 9.12. The molecule has 0 bridgehead atoms. The lowest BCUT2D eigenvalue weighted by Crippen LogP contribution is -1.48. The summed E-state index contributed by atoms with van der Waals surface area (Å²) in [4.78, 5) is 9.69. The van der Waals surface area contributed by atoms with Crippen LogP contribution in [0.25, 0.3) is 0 Å². The van der Waals surface area contributed by atoms with Gasteiger partial charge in [0.2, 0.25) is 5.22 Å². The molecule has 3 nitrogen and oxygen atoms in total. The topological polar surface area (TPSA) is 42.6 Å². The highest BCUT2D eigenvalue weighted by atomic mass is 35.5. The molecule has 4 heteroatoms. The van der Waals surface area contributed by atoms with Crippen LogP contribution < -0.4 is 0 Å². The number of nitrogens with zero attached hydrogens (tertiary/aromatic N) is 1. The minimum absolute atomic E-state index is 0.0417. The molecule has 0 aliphatic rings. The van der Waals surface area contributed by atoms with Crippen LogP contribution in [0.1, 0.15) is 0 Å². The molecule has 1 aromatic heterocycles. The minimum Gasteiger partial charge on any atom is -0.450 e. The Labute approximate surface area is 50.2 Å². The zero-order chi connectivity index (χ0) is 5.98. The number of hydrogen-bond donors (Lipinski definition) is 0. The Kier molecular flexibility index (Phi) is 1.30. The smallest absolute Gasteiger partial charge is 0.222 e. The molecule has 42 valence electrons. The van der Waals surface area contributed by atoms with Crippen molar-refractivity contribution in [1.29, 1.82) is 0 Å². The third-order valence-electron chi connectivity index (χ3n) is 0.697. The predicted octanol–water partition coefficient (Wildman–Crippen LogP) is 2.33. The molecule has 0 amide bonds. The highest BCUT2D eigenvalue weighted by Crippen LogP contribution is 2.24. The van der Waals surface area contributed by atoms with Crippen molar-refractivity contribution < 1.29 is 4.42 Å². The quantitative estimate of drug-likeness (QED) is 0.549. The van der Waals surface area contributed by atoms with Crippen molar-refractivity contribution in [1.82, 2.24) is 0 Å². The summed E-state index contributed by atoms with van der Waals surface area (Å²) < 4.78 is 4.53. The highest BCUT2D eigenvalue weighted by Gasteiger charge is 1.99. The molecule has 0 radical (unpaired) electrons. The second-order valence-corrected chi connectivity index (χ2v) is 1.51. The first-order chi connectivity index (χ1) is 3.84. The van der Waals surface area contributed by atoms with Gasteiger partial charge in [-0.15, -0.1) is 4.91 Å². The van der Waals surface area contributed by atoms with Crippen LogP contribution in [-0.4, -0.2) is 0 Å². The van der Waals surface area contributed by atoms with E-state index < -0.39 is 0 Å². The van der Waals surface area contributed by atoms with Crippen LogP contribution in [0.15, 0.2) is 21.9 Å². The molecule has 1 aromatic rings. The maximum absolute atomic E-state index is 9.69. The lowest BCUT2D eigenvalue weighted by Gasteiger charge is -1.74. The van der Waals surface area contributed by atoms with Gasteiger partial charge < -0.3 is 4.42 Å². The van der Waals surface area contributed by atoms with Crippen LogP contribution in [0.3, 0.4) is 0 Å². The summed E-state index contributed by atoms with van der Waals surface area (Å²) in [5.41, 5.74) is 0.145. The molecule has 8 heavy (non-hydrogen) atoms. The molecule has 0 aliphatic heterocycles. The molecule has 0 N–H and O–H groups in total. The number of nitroso groups, excluding NO2 is 1. The van der Waals surface area contributed by atoms with E-state index >= 15 is 0 Å². The van der Waals surface area contributed by atoms with Crippen molar-refractivity contribution in [2.75, 3.05) is 0 Å². The van der Waals surface area contributed by atoms with Gasteiger partial charge >= 0.3 is 0 Å². The summed E-state index contributed by atoms with van der Waals surface area (Å²) in [5.74, 6) is 0. The van der Waals surface area contributed by atoms with Gasteiger partial charge in [0.1, 0.15) is 0 Å². The van der Waals surface area contributed by atoms with Gasteiger partial charge in [-0.1, -0.05) is 0 Å². The molecule has 0 aliphatic carbocycles. The van der Waals surface area contributed by atoms with E-state index in [4.69, 9.17) is 11.6 Å². The van der Waals surface area contributed by atoms with Gasteiger partial charge in [-0.25, -0.2) is 0 Å². The van der Waals surface area contributed by atoms with Crippen molar-refractivity contribution in [2.45, 2.75) is 0 Å². The van der Waals surface area contributed by atoms with Gasteiger partial charge in [-0.05, 0) is 16.8 Å². The van der Waals surface area contributed by atoms with E-state index in [1.165, 1.54) is 12.3 Å². The van der Waals surface area contributed by atoms with Crippen LogP contribution >= 0.6 is 11.6 Å². The zero-order valence-electron chi connectivity index (χ0n) is 3.80. The van der Waals surface area contributed by atoms with Gasteiger partial charge in [0.25, 0.3) is 0 Å². The maximum Gasteiger partial charge on any atom is 0.222 e. The Morgan fingerprint density at radius 2 is 2.50 bits per heavy atom. The summed E-state index contributed by atoms with van der Waals surface area (Å²) in [7, 11) is 0. The average Bonchev–Trinajstić information content (AvgIpc) is 2.14. The average molecular weight is 132 g/mol. The highest BCUT2D eigenvalue weighted by molar-refractivity contribution is 6.31. The molecule has 0 spiro atoms. The van der Waals surface area contributed by atoms with Gasteiger partial charge in [-0.3, -0.25) is 0 Å². The van der Waals surface area contributed by atoms with Gasteiger partial charge in [0, 0.05) is 6.07 Å². The van der Waals surface area contributed by atoms with Crippen molar-refractivity contribution in [3.63, 3.8) is 0 Å². The van der Waals surface area contributed by atoms with E-state index in [0.717, 1.165) is 0 Å². The van der Waals surface area contributed by atoms with Crippen LogP contribution in [0.2, 0.25) is 5.22 Å². The van der Waals surface area contributed by atoms with Crippen LogP contribution in [0, 0.1) is 4.91 Å². The van der Waals surface area contributed by atoms with E-state index in [-0.39, 0.29) is 10.9 Å². The molecule has 1 rings (SSSR count). The lowest BCUT2D eigenvalue weighted by molar-refractivity contribution is 0.570. The second kappa shape index (κ2) is 1.96. The first-order valence-electron chi connectivity index (χ1n) is 1.91. The summed E-state index contributed by atoms with van der Waals surface area (Å²) in [6.45, 7) is 0. The Morgan fingerprint density at radius 3 is 2.75 bits per heavy atom. The van der Waals surface area contributed by atoms with Gasteiger partial charge in [0.05, 0.1) is 6.26 Å². The Balaban J connectivity index is 3.09. The summed E-state index contributed by atoms with van der Waals surface area (Å²) in [6.07, 6.45) is 1.30. The molecule has 0 fully saturated rings. The molecule has 0 aromatic carbocycles. The molecule has 0 saturated carbocycles. The minimum atomic E-state index is 0.0417. The Bertz CT molecular complexity index is 196. The van der Waals surface area contributed by atoms with E-state index in [1.54, 1.807) is 0 Å². The number of hydrogen-bond acceptors (Lipinski definition) is 3. The van der Waals surface area contributed by atoms with Crippen molar-refractivity contribution in [3.05, 3.63) is 22.5 Å². The van der Waals surface area contributed by atoms with E-state index in [2.05, 4.69) is 9.59 Å². The Morgan fingerprint density at radius 1 is 1.75 bits per heavy atom. The number of rotatable bonds is 1. The predicted molar refractivity (Wildman–Crippen MR) is 29.2 cm³/mol. The molecular weight excluding hydrogens is 130 g/mol. The summed E-state index contributed by atoms with van der Waals surface area (Å²) >= 11 is 5.28. The van der Waals surface area contributed by atoms with E-state index in [9.17, 15) is 4.91 Å². The summed E-state index contributed by atoms with van der Waals surface area (Å²) in [6, 6.07) is 1.40. The second-order valence-electron chi connectivity index (χ2n) is 1.17. The van der Waals surface area contributed by atoms with Crippen molar-refractivity contribution in [3.8, 4) is 0 Å². The van der Waals surface area contributed by atoms with Gasteiger partial charge in [0.15, 0.2) is 5.69 Å². The standard InChI is InChI=1S/C4H2ClNO2/c5-4-3(6-7)1-2-8-4/h1-2H. The molecule has 1 heterocycles. The summed E-state index contributed by atoms with van der Waals surface area (Å²) in [5, 5.41) is 2.60. The van der Waals surface area contributed by atoms with Crippen LogP contribution in [-0.2, 0) is 0 Å². The molecule has 0 atom stereocenters. The molecule has 0 unspecified atom stereocenters. The largest absolute Gasteiger partial charge is 0.450 e. The van der Waals surface area contributed by atoms with Crippen LogP contribution in [0.5, 0.6) is 0 Å². The van der Waals surface area contributed by atoms with E-state index in [1.807, 2.05) is 0 Å². The monoisotopic (exact) mass is 131 g/mol. The van der Waals surface area contributed by atoms with E-state index in [0.29, 0.717) is 0 Å². The van der Waals surface area contributed by atoms with Crippen molar-refractivity contribution >= 4 is 17.3 Å². The molecular formula is C4H2ClNO2. The first-order valence-corrected chi connectivity index (χ1v) is 2.28. The fraction of sp³-hybridized carbons (Fsp3) is 0. The van der Waals surface area contributed by atoms with Gasteiger partial charge in [-0.2, -0.15) is 0 Å². The SMILES string of the molecule is O=Nc1ccoc1Cl. The number of furan rings is 1. The maximum atomic E-state index is 9.69. The van der Waals surface area contributed by atoms with Crippen LogP contribution in [0.4, 0.5) is 5.69 Å². The third-order valence-corrected chi connectivity index (χ3v) is 0.980. The fourth-order valence-electron chi connectivity index (χ4n) is 0.350. The first kappa shape index (κ1) is 5.31. The third kappa shape index (κ3) is 0.721. The zero-order valence-corrected chi connectivity index (χ0v) is 4.55. The number of halogens is 1. The molecule has 0 saturated heterocycles.